The minimum atomic E-state index is -3.92. The fourth-order valence-corrected chi connectivity index (χ4v) is 5.84. The van der Waals surface area contributed by atoms with E-state index in [0.717, 1.165) is 30.8 Å². The highest BCUT2D eigenvalue weighted by Crippen LogP contribution is 2.39. The molecule has 1 atom stereocenters. The molecular weight excluding hydrogens is 424 g/mol. The first-order chi connectivity index (χ1) is 14.5. The molecule has 2 aromatic heterocycles. The van der Waals surface area contributed by atoms with Crippen molar-refractivity contribution in [2.75, 3.05) is 31.2 Å². The molecule has 0 amide bonds. The molecule has 158 valence electrons. The highest BCUT2D eigenvalue weighted by atomic mass is 32.2. The first-order valence-electron chi connectivity index (χ1n) is 9.97. The predicted molar refractivity (Wildman–Crippen MR) is 113 cm³/mol. The summed E-state index contributed by atoms with van der Waals surface area (Å²) in [5.74, 6) is 2.08. The van der Waals surface area contributed by atoms with Gasteiger partial charge in [-0.05, 0) is 42.3 Å². The molecule has 7 nitrogen and oxygen atoms in total. The molecule has 3 aromatic rings. The molecule has 1 unspecified atom stereocenters. The number of anilines is 1. The average Bonchev–Trinajstić information content (AvgIpc) is 3.43. The van der Waals surface area contributed by atoms with Crippen LogP contribution in [0.25, 0.3) is 10.8 Å². The summed E-state index contributed by atoms with van der Waals surface area (Å²) in [6, 6.07) is 8.43. The number of thiophene rings is 1. The Morgan fingerprint density at radius 3 is 2.77 bits per heavy atom. The molecule has 30 heavy (non-hydrogen) atoms. The first-order valence-corrected chi connectivity index (χ1v) is 12.3. The Kier molecular flexibility index (Phi) is 4.94. The third-order valence-corrected chi connectivity index (χ3v) is 7.84. The lowest BCUT2D eigenvalue weighted by Gasteiger charge is -2.30. The van der Waals surface area contributed by atoms with Gasteiger partial charge in [0.1, 0.15) is 13.2 Å². The quantitative estimate of drug-likeness (QED) is 0.593. The summed E-state index contributed by atoms with van der Waals surface area (Å²) in [7, 11) is -3.92. The van der Waals surface area contributed by atoms with E-state index in [1.165, 1.54) is 23.5 Å². The van der Waals surface area contributed by atoms with Crippen molar-refractivity contribution in [1.82, 2.24) is 4.98 Å². The van der Waals surface area contributed by atoms with Crippen LogP contribution >= 0.6 is 11.3 Å². The number of hydrogen-bond donors (Lipinski definition) is 0. The number of sulfone groups is 1. The van der Waals surface area contributed by atoms with E-state index < -0.39 is 9.84 Å². The number of hydrogen-bond acceptors (Lipinski definition) is 8. The second-order valence-corrected chi connectivity index (χ2v) is 10.4. The van der Waals surface area contributed by atoms with Crippen molar-refractivity contribution in [1.29, 1.82) is 0 Å². The minimum Gasteiger partial charge on any atom is -0.486 e. The smallest absolute Gasteiger partial charge is 0.240 e. The number of benzene rings is 1. The summed E-state index contributed by atoms with van der Waals surface area (Å²) >= 11 is 1.46. The van der Waals surface area contributed by atoms with Crippen LogP contribution in [-0.2, 0) is 9.84 Å². The Labute approximate surface area is 179 Å². The third kappa shape index (κ3) is 3.45. The molecule has 1 aromatic carbocycles. The number of oxazole rings is 1. The van der Waals surface area contributed by atoms with Crippen LogP contribution in [0.5, 0.6) is 11.5 Å². The number of nitrogens with zero attached hydrogens (tertiary/aromatic N) is 2. The van der Waals surface area contributed by atoms with Crippen LogP contribution in [0, 0.1) is 5.92 Å². The zero-order valence-electron chi connectivity index (χ0n) is 16.5. The highest BCUT2D eigenvalue weighted by molar-refractivity contribution is 7.91. The monoisotopic (exact) mass is 446 g/mol. The summed E-state index contributed by atoms with van der Waals surface area (Å²) < 4.78 is 44.4. The van der Waals surface area contributed by atoms with E-state index in [2.05, 4.69) is 11.9 Å². The topological polar surface area (TPSA) is 81.9 Å². The lowest BCUT2D eigenvalue weighted by Crippen LogP contribution is -2.34. The molecule has 9 heteroatoms. The summed E-state index contributed by atoms with van der Waals surface area (Å²) in [5.41, 5.74) is 0. The van der Waals surface area contributed by atoms with Crippen LogP contribution < -0.4 is 14.4 Å². The van der Waals surface area contributed by atoms with Gasteiger partial charge in [0.25, 0.3) is 0 Å². The predicted octanol–water partition coefficient (Wildman–Crippen LogP) is 4.24. The van der Waals surface area contributed by atoms with Gasteiger partial charge in [-0.25, -0.2) is 8.42 Å². The van der Waals surface area contributed by atoms with Crippen molar-refractivity contribution < 1.29 is 22.3 Å². The Morgan fingerprint density at radius 2 is 2.00 bits per heavy atom. The van der Waals surface area contributed by atoms with Crippen LogP contribution in [0.4, 0.5) is 5.88 Å². The molecule has 2 aliphatic rings. The van der Waals surface area contributed by atoms with E-state index >= 15 is 0 Å². The zero-order chi connectivity index (χ0) is 20.7. The SMILES string of the molecule is CC1CCCN(c2oc(-c3cccs3)nc2S(=O)(=O)c2ccc3c(c2)OCCO3)C1. The van der Waals surface area contributed by atoms with Gasteiger partial charge in [-0.1, -0.05) is 13.0 Å². The molecular formula is C21H22N2O5S2. The largest absolute Gasteiger partial charge is 0.486 e. The Hall–Kier alpha value is -2.52. The third-order valence-electron chi connectivity index (χ3n) is 5.33. The van der Waals surface area contributed by atoms with Gasteiger partial charge in [-0.2, -0.15) is 4.98 Å². The van der Waals surface area contributed by atoms with Crippen LogP contribution in [0.1, 0.15) is 19.8 Å². The molecule has 0 spiro atoms. The molecule has 4 heterocycles. The standard InChI is InChI=1S/C21H22N2O5S2/c1-14-4-2-8-23(13-14)21-20(22-19(28-21)18-5-3-11-29-18)30(24,25)15-6-7-16-17(12-15)27-10-9-26-16/h3,5-7,11-12,14H,2,4,8-10,13H2,1H3. The van der Waals surface area contributed by atoms with Crippen LogP contribution in [0.2, 0.25) is 0 Å². The molecule has 0 saturated carbocycles. The van der Waals surface area contributed by atoms with Crippen molar-refractivity contribution in [2.24, 2.45) is 5.92 Å². The molecule has 0 radical (unpaired) electrons. The fraction of sp³-hybridized carbons (Fsp3) is 0.381. The van der Waals surface area contributed by atoms with E-state index in [0.29, 0.717) is 42.4 Å². The molecule has 5 rings (SSSR count). The molecule has 2 aliphatic heterocycles. The number of ether oxygens (including phenoxy) is 2. The van der Waals surface area contributed by atoms with E-state index in [1.807, 2.05) is 22.4 Å². The number of fused-ring (bicyclic) bond motifs is 1. The van der Waals surface area contributed by atoms with Gasteiger partial charge in [0.05, 0.1) is 9.77 Å². The van der Waals surface area contributed by atoms with Crippen molar-refractivity contribution in [3.63, 3.8) is 0 Å². The summed E-state index contributed by atoms with van der Waals surface area (Å²) in [6.07, 6.45) is 2.10. The summed E-state index contributed by atoms with van der Waals surface area (Å²) in [4.78, 5) is 7.37. The molecule has 1 fully saturated rings. The molecule has 1 saturated heterocycles. The second kappa shape index (κ2) is 7.63. The van der Waals surface area contributed by atoms with E-state index in [1.54, 1.807) is 6.07 Å². The van der Waals surface area contributed by atoms with Crippen LogP contribution in [0.15, 0.2) is 50.1 Å². The average molecular weight is 447 g/mol. The minimum absolute atomic E-state index is 0.0447. The van der Waals surface area contributed by atoms with Gasteiger partial charge in [0, 0.05) is 19.2 Å². The van der Waals surface area contributed by atoms with Gasteiger partial charge in [0.2, 0.25) is 26.6 Å². The molecule has 0 aliphatic carbocycles. The van der Waals surface area contributed by atoms with E-state index in [4.69, 9.17) is 13.9 Å². The number of piperidine rings is 1. The Morgan fingerprint density at radius 1 is 1.17 bits per heavy atom. The normalized spacial score (nSPS) is 19.1. The van der Waals surface area contributed by atoms with Gasteiger partial charge in [0.15, 0.2) is 11.5 Å². The Balaban J connectivity index is 1.61. The summed E-state index contributed by atoms with van der Waals surface area (Å²) in [6.45, 7) is 4.48. The van der Waals surface area contributed by atoms with Gasteiger partial charge < -0.3 is 18.8 Å². The Bertz CT molecular complexity index is 1150. The zero-order valence-corrected chi connectivity index (χ0v) is 18.2. The van der Waals surface area contributed by atoms with Gasteiger partial charge >= 0.3 is 0 Å². The first kappa shape index (κ1) is 19.4. The van der Waals surface area contributed by atoms with E-state index in [-0.39, 0.29) is 9.92 Å². The second-order valence-electron chi connectivity index (χ2n) is 7.61. The van der Waals surface area contributed by atoms with Gasteiger partial charge in [-0.15, -0.1) is 11.3 Å². The van der Waals surface area contributed by atoms with Crippen LogP contribution in [0.3, 0.4) is 0 Å². The maximum absolute atomic E-state index is 13.6. The molecule has 0 bridgehead atoms. The van der Waals surface area contributed by atoms with Crippen molar-refractivity contribution in [3.8, 4) is 22.3 Å². The van der Waals surface area contributed by atoms with Crippen molar-refractivity contribution in [3.05, 3.63) is 35.7 Å². The number of rotatable bonds is 4. The maximum Gasteiger partial charge on any atom is 0.240 e. The van der Waals surface area contributed by atoms with Gasteiger partial charge in [-0.3, -0.25) is 0 Å². The lowest BCUT2D eigenvalue weighted by molar-refractivity contribution is 0.171. The van der Waals surface area contributed by atoms with Crippen LogP contribution in [-0.4, -0.2) is 39.7 Å². The van der Waals surface area contributed by atoms with Crippen molar-refractivity contribution in [2.45, 2.75) is 29.7 Å². The van der Waals surface area contributed by atoms with Crippen molar-refractivity contribution >= 4 is 27.1 Å². The van der Waals surface area contributed by atoms with E-state index in [9.17, 15) is 8.42 Å². The highest BCUT2D eigenvalue weighted by Gasteiger charge is 2.34. The summed E-state index contributed by atoms with van der Waals surface area (Å²) in [5, 5.41) is 1.87. The number of aromatic nitrogens is 1. The molecule has 0 N–H and O–H groups in total. The lowest BCUT2D eigenvalue weighted by atomic mass is 10.0. The maximum atomic E-state index is 13.6. The fourth-order valence-electron chi connectivity index (χ4n) is 3.85.